The third-order valence-electron chi connectivity index (χ3n) is 3.10. The molecule has 0 saturated heterocycles. The first-order chi connectivity index (χ1) is 9.08. The molecule has 0 spiro atoms. The van der Waals surface area contributed by atoms with Crippen LogP contribution in [-0.2, 0) is 4.79 Å². The third kappa shape index (κ3) is 4.91. The maximum absolute atomic E-state index is 12.0. The molecule has 1 rings (SSSR count). The van der Waals surface area contributed by atoms with Gasteiger partial charge in [-0.1, -0.05) is 19.9 Å². The number of nitrogens with zero attached hydrogens (tertiary/aromatic N) is 1. The van der Waals surface area contributed by atoms with E-state index in [-0.39, 0.29) is 5.91 Å². The summed E-state index contributed by atoms with van der Waals surface area (Å²) in [5.74, 6) is 0.0237. The lowest BCUT2D eigenvalue weighted by molar-refractivity contribution is -0.117. The maximum Gasteiger partial charge on any atom is 0.238 e. The molecule has 0 fully saturated rings. The molecule has 1 aromatic rings. The maximum atomic E-state index is 12.0. The number of nitrogens with one attached hydrogen (secondary N) is 1. The number of hydrogen-bond acceptors (Lipinski definition) is 3. The molecule has 0 aromatic heterocycles. The van der Waals surface area contributed by atoms with Crippen molar-refractivity contribution in [2.75, 3.05) is 30.7 Å². The Morgan fingerprint density at radius 3 is 2.47 bits per heavy atom. The molecule has 3 N–H and O–H groups in total. The zero-order valence-corrected chi connectivity index (χ0v) is 12.2. The largest absolute Gasteiger partial charge is 0.398 e. The molecule has 0 saturated carbocycles. The molecule has 1 aromatic carbocycles. The van der Waals surface area contributed by atoms with E-state index in [4.69, 9.17) is 5.73 Å². The van der Waals surface area contributed by atoms with Crippen LogP contribution in [0.3, 0.4) is 0 Å². The van der Waals surface area contributed by atoms with E-state index in [0.29, 0.717) is 12.2 Å². The third-order valence-corrected chi connectivity index (χ3v) is 3.10. The van der Waals surface area contributed by atoms with Gasteiger partial charge in [0.2, 0.25) is 5.91 Å². The molecule has 1 amide bonds. The minimum atomic E-state index is 0.0237. The fourth-order valence-corrected chi connectivity index (χ4v) is 2.08. The number of hydrogen-bond donors (Lipinski definition) is 2. The summed E-state index contributed by atoms with van der Waals surface area (Å²) in [6.45, 7) is 8.52. The summed E-state index contributed by atoms with van der Waals surface area (Å²) in [6.07, 6.45) is 2.12. The minimum Gasteiger partial charge on any atom is -0.398 e. The van der Waals surface area contributed by atoms with Crippen molar-refractivity contribution in [1.29, 1.82) is 0 Å². The summed E-state index contributed by atoms with van der Waals surface area (Å²) < 4.78 is 0. The number of benzene rings is 1. The van der Waals surface area contributed by atoms with Crippen molar-refractivity contribution >= 4 is 17.3 Å². The Morgan fingerprint density at radius 2 is 1.89 bits per heavy atom. The quantitative estimate of drug-likeness (QED) is 0.743. The highest BCUT2D eigenvalue weighted by molar-refractivity contribution is 5.93. The molecule has 4 nitrogen and oxygen atoms in total. The molecule has 0 aliphatic heterocycles. The van der Waals surface area contributed by atoms with Crippen LogP contribution in [0.15, 0.2) is 18.2 Å². The van der Waals surface area contributed by atoms with Gasteiger partial charge in [0, 0.05) is 11.4 Å². The lowest BCUT2D eigenvalue weighted by atomic mass is 10.1. The Kier molecular flexibility index (Phi) is 6.36. The highest BCUT2D eigenvalue weighted by atomic mass is 16.2. The van der Waals surface area contributed by atoms with Gasteiger partial charge in [0.1, 0.15) is 0 Å². The first-order valence-electron chi connectivity index (χ1n) is 6.95. The van der Waals surface area contributed by atoms with Gasteiger partial charge in [-0.2, -0.15) is 0 Å². The van der Waals surface area contributed by atoms with E-state index in [0.717, 1.165) is 37.2 Å². The molecule has 106 valence electrons. The summed E-state index contributed by atoms with van der Waals surface area (Å²) in [6, 6.07) is 5.58. The van der Waals surface area contributed by atoms with Gasteiger partial charge < -0.3 is 11.1 Å². The number of nitrogen functional groups attached to an aromatic ring is 1. The summed E-state index contributed by atoms with van der Waals surface area (Å²) in [7, 11) is 0. The van der Waals surface area contributed by atoms with Crippen LogP contribution in [0.1, 0.15) is 32.3 Å². The van der Waals surface area contributed by atoms with Crippen LogP contribution in [0.4, 0.5) is 11.4 Å². The van der Waals surface area contributed by atoms with Gasteiger partial charge in [-0.15, -0.1) is 0 Å². The Balaban J connectivity index is 2.61. The number of anilines is 2. The van der Waals surface area contributed by atoms with Crippen molar-refractivity contribution in [2.45, 2.75) is 33.6 Å². The minimum absolute atomic E-state index is 0.0237. The molecule has 0 radical (unpaired) electrons. The number of carbonyl (C=O) groups is 1. The van der Waals surface area contributed by atoms with E-state index < -0.39 is 0 Å². The standard InChI is InChI=1S/C15H25N3O/c1-4-9-18(10-5-2)11-15(19)17-14-8-6-7-13(16)12(14)3/h6-8H,4-5,9-11,16H2,1-3H3,(H,17,19). The van der Waals surface area contributed by atoms with Gasteiger partial charge >= 0.3 is 0 Å². The van der Waals surface area contributed by atoms with Crippen LogP contribution in [0.25, 0.3) is 0 Å². The smallest absolute Gasteiger partial charge is 0.238 e. The normalized spacial score (nSPS) is 10.7. The fraction of sp³-hybridized carbons (Fsp3) is 0.533. The molecule has 0 unspecified atom stereocenters. The van der Waals surface area contributed by atoms with Crippen molar-refractivity contribution in [3.05, 3.63) is 23.8 Å². The Hall–Kier alpha value is -1.55. The monoisotopic (exact) mass is 263 g/mol. The Bertz CT molecular complexity index is 412. The molecule has 0 bridgehead atoms. The zero-order chi connectivity index (χ0) is 14.3. The SMILES string of the molecule is CCCN(CCC)CC(=O)Nc1cccc(N)c1C. The molecule has 0 heterocycles. The lowest BCUT2D eigenvalue weighted by Crippen LogP contribution is -2.34. The number of nitrogens with two attached hydrogens (primary N) is 1. The summed E-state index contributed by atoms with van der Waals surface area (Å²) in [5, 5.41) is 2.94. The Morgan fingerprint density at radius 1 is 1.26 bits per heavy atom. The molecular formula is C15H25N3O. The van der Waals surface area contributed by atoms with E-state index in [1.807, 2.05) is 25.1 Å². The van der Waals surface area contributed by atoms with Crippen molar-refractivity contribution in [1.82, 2.24) is 4.90 Å². The van der Waals surface area contributed by atoms with Crippen molar-refractivity contribution in [3.8, 4) is 0 Å². The van der Waals surface area contributed by atoms with Crippen LogP contribution < -0.4 is 11.1 Å². The van der Waals surface area contributed by atoms with E-state index >= 15 is 0 Å². The van der Waals surface area contributed by atoms with E-state index in [2.05, 4.69) is 24.1 Å². The fourth-order valence-electron chi connectivity index (χ4n) is 2.08. The van der Waals surface area contributed by atoms with Crippen LogP contribution in [0.2, 0.25) is 0 Å². The van der Waals surface area contributed by atoms with E-state index in [1.165, 1.54) is 0 Å². The molecule has 4 heteroatoms. The van der Waals surface area contributed by atoms with E-state index in [1.54, 1.807) is 0 Å². The van der Waals surface area contributed by atoms with Crippen LogP contribution in [-0.4, -0.2) is 30.4 Å². The number of rotatable bonds is 7. The predicted molar refractivity (Wildman–Crippen MR) is 81.2 cm³/mol. The highest BCUT2D eigenvalue weighted by Gasteiger charge is 2.10. The van der Waals surface area contributed by atoms with Crippen molar-refractivity contribution < 1.29 is 4.79 Å². The van der Waals surface area contributed by atoms with E-state index in [9.17, 15) is 4.79 Å². The van der Waals surface area contributed by atoms with Gasteiger partial charge in [-0.25, -0.2) is 0 Å². The molecule has 0 atom stereocenters. The lowest BCUT2D eigenvalue weighted by Gasteiger charge is -2.20. The average Bonchev–Trinajstić information content (AvgIpc) is 2.35. The van der Waals surface area contributed by atoms with Crippen LogP contribution in [0, 0.1) is 6.92 Å². The first kappa shape index (κ1) is 15.5. The number of carbonyl (C=O) groups excluding carboxylic acids is 1. The summed E-state index contributed by atoms with van der Waals surface area (Å²) >= 11 is 0. The topological polar surface area (TPSA) is 58.4 Å². The van der Waals surface area contributed by atoms with Gasteiger partial charge in [0.25, 0.3) is 0 Å². The van der Waals surface area contributed by atoms with Crippen molar-refractivity contribution in [2.24, 2.45) is 0 Å². The molecular weight excluding hydrogens is 238 g/mol. The summed E-state index contributed by atoms with van der Waals surface area (Å²) in [4.78, 5) is 14.2. The average molecular weight is 263 g/mol. The molecule has 19 heavy (non-hydrogen) atoms. The zero-order valence-electron chi connectivity index (χ0n) is 12.2. The second kappa shape index (κ2) is 7.79. The Labute approximate surface area is 116 Å². The van der Waals surface area contributed by atoms with Crippen molar-refractivity contribution in [3.63, 3.8) is 0 Å². The first-order valence-corrected chi connectivity index (χ1v) is 6.95. The summed E-state index contributed by atoms with van der Waals surface area (Å²) in [5.41, 5.74) is 8.26. The second-order valence-corrected chi connectivity index (χ2v) is 4.84. The van der Waals surface area contributed by atoms with Crippen LogP contribution >= 0.6 is 0 Å². The van der Waals surface area contributed by atoms with Gasteiger partial charge in [0.15, 0.2) is 0 Å². The second-order valence-electron chi connectivity index (χ2n) is 4.84. The number of amides is 1. The predicted octanol–water partition coefficient (Wildman–Crippen LogP) is 2.64. The van der Waals surface area contributed by atoms with Gasteiger partial charge in [0.05, 0.1) is 6.54 Å². The molecule has 0 aliphatic rings. The molecule has 0 aliphatic carbocycles. The highest BCUT2D eigenvalue weighted by Crippen LogP contribution is 2.20. The van der Waals surface area contributed by atoms with Gasteiger partial charge in [-0.05, 0) is 50.6 Å². The van der Waals surface area contributed by atoms with Gasteiger partial charge in [-0.3, -0.25) is 9.69 Å². The van der Waals surface area contributed by atoms with Crippen LogP contribution in [0.5, 0.6) is 0 Å².